The lowest BCUT2D eigenvalue weighted by atomic mass is 10.0. The summed E-state index contributed by atoms with van der Waals surface area (Å²) < 4.78 is 0. The second-order valence-corrected chi connectivity index (χ2v) is 7.71. The third-order valence-electron chi connectivity index (χ3n) is 5.12. The Labute approximate surface area is 154 Å². The molecule has 0 aromatic rings. The minimum absolute atomic E-state index is 1.31. The van der Waals surface area contributed by atoms with Crippen molar-refractivity contribution in [1.29, 1.82) is 0 Å². The Morgan fingerprint density at radius 1 is 0.333 bits per heavy atom. The van der Waals surface area contributed by atoms with E-state index in [4.69, 9.17) is 0 Å². The predicted molar refractivity (Wildman–Crippen MR) is 113 cm³/mol. The zero-order chi connectivity index (χ0) is 17.6. The molecule has 0 aromatic carbocycles. The SMILES string of the molecule is CCCCCCCCC/C=C/CCCCCCCCCCCCC. The standard InChI is InChI=1S/C24H48/c1-3-5-7-9-11-13-15-17-19-21-23-24-22-20-18-16-14-12-10-8-6-4-2/h19,21H,3-18,20,22-24H2,1-2H3/b21-19+. The van der Waals surface area contributed by atoms with Crippen molar-refractivity contribution in [2.75, 3.05) is 0 Å². The van der Waals surface area contributed by atoms with Gasteiger partial charge < -0.3 is 0 Å². The Balaban J connectivity index is 3.03. The molecule has 0 heteroatoms. The predicted octanol–water partition coefficient (Wildman–Crippen LogP) is 9.38. The van der Waals surface area contributed by atoms with Crippen LogP contribution in [-0.2, 0) is 0 Å². The molecule has 0 atom stereocenters. The van der Waals surface area contributed by atoms with Crippen LogP contribution >= 0.6 is 0 Å². The van der Waals surface area contributed by atoms with E-state index in [-0.39, 0.29) is 0 Å². The molecular weight excluding hydrogens is 288 g/mol. The van der Waals surface area contributed by atoms with Gasteiger partial charge in [0.2, 0.25) is 0 Å². The smallest absolute Gasteiger partial charge is 0.0351 e. The van der Waals surface area contributed by atoms with Gasteiger partial charge in [-0.05, 0) is 25.7 Å². The normalized spacial score (nSPS) is 11.6. The molecule has 0 unspecified atom stereocenters. The topological polar surface area (TPSA) is 0 Å². The van der Waals surface area contributed by atoms with Gasteiger partial charge in [-0.3, -0.25) is 0 Å². The molecule has 0 aliphatic heterocycles. The first-order valence-corrected chi connectivity index (χ1v) is 11.6. The van der Waals surface area contributed by atoms with E-state index in [0.717, 1.165) is 0 Å². The van der Waals surface area contributed by atoms with Crippen molar-refractivity contribution < 1.29 is 0 Å². The zero-order valence-corrected chi connectivity index (χ0v) is 17.3. The molecule has 0 radical (unpaired) electrons. The van der Waals surface area contributed by atoms with Crippen LogP contribution in [0.1, 0.15) is 142 Å². The molecule has 0 rings (SSSR count). The fraction of sp³-hybridized carbons (Fsp3) is 0.917. The maximum Gasteiger partial charge on any atom is -0.0351 e. The fourth-order valence-corrected chi connectivity index (χ4v) is 3.38. The van der Waals surface area contributed by atoms with Crippen molar-refractivity contribution in [2.24, 2.45) is 0 Å². The van der Waals surface area contributed by atoms with Gasteiger partial charge in [0.25, 0.3) is 0 Å². The van der Waals surface area contributed by atoms with E-state index in [1.165, 1.54) is 128 Å². The molecule has 0 fully saturated rings. The second kappa shape index (κ2) is 22.7. The monoisotopic (exact) mass is 336 g/mol. The minimum Gasteiger partial charge on any atom is -0.0885 e. The second-order valence-electron chi connectivity index (χ2n) is 7.71. The molecular formula is C24H48. The molecule has 24 heavy (non-hydrogen) atoms. The first kappa shape index (κ1) is 23.7. The molecule has 144 valence electrons. The van der Waals surface area contributed by atoms with E-state index < -0.39 is 0 Å². The molecule has 0 amide bonds. The average molecular weight is 337 g/mol. The first-order valence-electron chi connectivity index (χ1n) is 11.6. The molecule has 0 N–H and O–H groups in total. The van der Waals surface area contributed by atoms with Crippen molar-refractivity contribution in [2.45, 2.75) is 142 Å². The van der Waals surface area contributed by atoms with Crippen molar-refractivity contribution in [3.63, 3.8) is 0 Å². The largest absolute Gasteiger partial charge is 0.0885 e. The van der Waals surface area contributed by atoms with E-state index in [1.807, 2.05) is 0 Å². The van der Waals surface area contributed by atoms with Gasteiger partial charge >= 0.3 is 0 Å². The van der Waals surface area contributed by atoms with Gasteiger partial charge in [-0.1, -0.05) is 129 Å². The van der Waals surface area contributed by atoms with Crippen LogP contribution in [0.4, 0.5) is 0 Å². The zero-order valence-electron chi connectivity index (χ0n) is 17.3. The van der Waals surface area contributed by atoms with Crippen LogP contribution in [0, 0.1) is 0 Å². The lowest BCUT2D eigenvalue weighted by molar-refractivity contribution is 0.550. The highest BCUT2D eigenvalue weighted by molar-refractivity contribution is 4.81. The summed E-state index contributed by atoms with van der Waals surface area (Å²) in [6.45, 7) is 4.59. The summed E-state index contributed by atoms with van der Waals surface area (Å²) in [5, 5.41) is 0. The minimum atomic E-state index is 1.31. The summed E-state index contributed by atoms with van der Waals surface area (Å²) in [5.74, 6) is 0. The number of allylic oxidation sites excluding steroid dienone is 2. The van der Waals surface area contributed by atoms with Crippen molar-refractivity contribution in [1.82, 2.24) is 0 Å². The highest BCUT2D eigenvalue weighted by atomic mass is 14.0. The molecule has 0 nitrogen and oxygen atoms in total. The van der Waals surface area contributed by atoms with Crippen LogP contribution in [0.25, 0.3) is 0 Å². The Morgan fingerprint density at radius 3 is 0.875 bits per heavy atom. The van der Waals surface area contributed by atoms with Gasteiger partial charge in [-0.25, -0.2) is 0 Å². The third-order valence-corrected chi connectivity index (χ3v) is 5.12. The summed E-state index contributed by atoms with van der Waals surface area (Å²) >= 11 is 0. The molecule has 0 aromatic heterocycles. The van der Waals surface area contributed by atoms with Crippen molar-refractivity contribution in [3.8, 4) is 0 Å². The average Bonchev–Trinajstić information content (AvgIpc) is 2.60. The van der Waals surface area contributed by atoms with Crippen LogP contribution in [0.2, 0.25) is 0 Å². The summed E-state index contributed by atoms with van der Waals surface area (Å²) in [5.41, 5.74) is 0. The van der Waals surface area contributed by atoms with Crippen LogP contribution in [0.15, 0.2) is 12.2 Å². The Morgan fingerprint density at radius 2 is 0.583 bits per heavy atom. The number of hydrogen-bond donors (Lipinski definition) is 0. The molecule has 0 saturated heterocycles. The third kappa shape index (κ3) is 21.7. The molecule has 0 aliphatic carbocycles. The van der Waals surface area contributed by atoms with Gasteiger partial charge in [-0.2, -0.15) is 0 Å². The van der Waals surface area contributed by atoms with E-state index >= 15 is 0 Å². The highest BCUT2D eigenvalue weighted by Gasteiger charge is 1.93. The molecule has 0 aliphatic rings. The molecule has 0 bridgehead atoms. The van der Waals surface area contributed by atoms with E-state index in [1.54, 1.807) is 0 Å². The summed E-state index contributed by atoms with van der Waals surface area (Å²) in [4.78, 5) is 0. The van der Waals surface area contributed by atoms with Gasteiger partial charge in [0, 0.05) is 0 Å². The fourth-order valence-electron chi connectivity index (χ4n) is 3.38. The van der Waals surface area contributed by atoms with Gasteiger partial charge in [0.15, 0.2) is 0 Å². The van der Waals surface area contributed by atoms with E-state index in [2.05, 4.69) is 26.0 Å². The molecule has 0 spiro atoms. The van der Waals surface area contributed by atoms with Gasteiger partial charge in [0.05, 0.1) is 0 Å². The molecule has 0 heterocycles. The lowest BCUT2D eigenvalue weighted by Gasteiger charge is -2.01. The van der Waals surface area contributed by atoms with E-state index in [9.17, 15) is 0 Å². The van der Waals surface area contributed by atoms with Crippen LogP contribution in [-0.4, -0.2) is 0 Å². The van der Waals surface area contributed by atoms with Crippen molar-refractivity contribution in [3.05, 3.63) is 12.2 Å². The molecule has 0 saturated carbocycles. The Hall–Kier alpha value is -0.260. The summed E-state index contributed by atoms with van der Waals surface area (Å²) in [7, 11) is 0. The maximum atomic E-state index is 2.44. The number of rotatable bonds is 20. The van der Waals surface area contributed by atoms with Gasteiger partial charge in [0.1, 0.15) is 0 Å². The first-order chi connectivity index (χ1) is 11.9. The maximum absolute atomic E-state index is 2.44. The summed E-state index contributed by atoms with van der Waals surface area (Å²) in [6.07, 6.45) is 33.4. The van der Waals surface area contributed by atoms with Crippen molar-refractivity contribution >= 4 is 0 Å². The van der Waals surface area contributed by atoms with Crippen LogP contribution in [0.5, 0.6) is 0 Å². The summed E-state index contributed by atoms with van der Waals surface area (Å²) in [6, 6.07) is 0. The number of unbranched alkanes of at least 4 members (excludes halogenated alkanes) is 18. The Kier molecular flexibility index (Phi) is 22.5. The lowest BCUT2D eigenvalue weighted by Crippen LogP contribution is -1.82. The van der Waals surface area contributed by atoms with E-state index in [0.29, 0.717) is 0 Å². The Bertz CT molecular complexity index is 228. The quantitative estimate of drug-likeness (QED) is 0.153. The number of hydrogen-bond acceptors (Lipinski definition) is 0. The highest BCUT2D eigenvalue weighted by Crippen LogP contribution is 2.12. The van der Waals surface area contributed by atoms with Gasteiger partial charge in [-0.15, -0.1) is 0 Å². The van der Waals surface area contributed by atoms with Crippen LogP contribution < -0.4 is 0 Å². The van der Waals surface area contributed by atoms with Crippen LogP contribution in [0.3, 0.4) is 0 Å².